The fourth-order valence-electron chi connectivity index (χ4n) is 2.60. The van der Waals surface area contributed by atoms with Crippen molar-refractivity contribution in [2.24, 2.45) is 0 Å². The van der Waals surface area contributed by atoms with E-state index in [9.17, 15) is 4.79 Å². The normalized spacial score (nSPS) is 22.4. The average molecular weight is 318 g/mol. The molecule has 1 aliphatic heterocycles. The van der Waals surface area contributed by atoms with E-state index >= 15 is 0 Å². The predicted octanol–water partition coefficient (Wildman–Crippen LogP) is 1.94. The molecule has 116 valence electrons. The third-order valence-corrected chi connectivity index (χ3v) is 4.22. The molecule has 1 aromatic carbocycles. The fraction of sp³-hybridized carbons (Fsp3) is 0.400. The van der Waals surface area contributed by atoms with E-state index in [0.29, 0.717) is 18.3 Å². The Morgan fingerprint density at radius 2 is 2.27 bits per heavy atom. The first-order valence-electron chi connectivity index (χ1n) is 7.19. The molecule has 0 spiro atoms. The molecule has 1 aliphatic rings. The molecule has 1 amide bonds. The van der Waals surface area contributed by atoms with E-state index < -0.39 is 0 Å². The van der Waals surface area contributed by atoms with Crippen LogP contribution in [0, 0.1) is 0 Å². The van der Waals surface area contributed by atoms with Gasteiger partial charge in [0.1, 0.15) is 5.51 Å². The summed E-state index contributed by atoms with van der Waals surface area (Å²) in [6.07, 6.45) is 0.120. The molecular weight excluding hydrogens is 300 g/mol. The Hall–Kier alpha value is -1.83. The highest BCUT2D eigenvalue weighted by Gasteiger charge is 2.29. The standard InChI is InChI=1S/C15H18N4O2S/c1-11-7-19(8-14(20)17-15-18-16-10-22-15)13(9-21-11)12-5-3-2-4-6-12/h2-6,10-11,13H,7-9H2,1H3,(H,17,18,20)/t11-,13+/m0/s1. The first-order valence-corrected chi connectivity index (χ1v) is 8.07. The summed E-state index contributed by atoms with van der Waals surface area (Å²) in [5.41, 5.74) is 2.76. The van der Waals surface area contributed by atoms with Gasteiger partial charge in [0.15, 0.2) is 0 Å². The SMILES string of the molecule is C[C@H]1CN(CC(=O)Nc2nncs2)[C@@H](c2ccccc2)CO1. The number of hydrogen-bond donors (Lipinski definition) is 1. The maximum absolute atomic E-state index is 12.2. The number of rotatable bonds is 4. The van der Waals surface area contributed by atoms with Crippen LogP contribution in [0.15, 0.2) is 35.8 Å². The highest BCUT2D eigenvalue weighted by molar-refractivity contribution is 7.13. The van der Waals surface area contributed by atoms with E-state index in [1.807, 2.05) is 25.1 Å². The minimum Gasteiger partial charge on any atom is -0.375 e. The van der Waals surface area contributed by atoms with Crippen molar-refractivity contribution in [3.8, 4) is 0 Å². The topological polar surface area (TPSA) is 67.4 Å². The van der Waals surface area contributed by atoms with Crippen molar-refractivity contribution in [3.05, 3.63) is 41.4 Å². The molecule has 2 atom stereocenters. The molecule has 2 heterocycles. The van der Waals surface area contributed by atoms with Gasteiger partial charge >= 0.3 is 0 Å². The Morgan fingerprint density at radius 1 is 1.45 bits per heavy atom. The van der Waals surface area contributed by atoms with Crippen molar-refractivity contribution in [1.82, 2.24) is 15.1 Å². The Balaban J connectivity index is 1.69. The summed E-state index contributed by atoms with van der Waals surface area (Å²) in [6, 6.07) is 10.2. The lowest BCUT2D eigenvalue weighted by Gasteiger charge is -2.38. The van der Waals surface area contributed by atoms with Crippen molar-refractivity contribution in [2.75, 3.05) is 25.0 Å². The lowest BCUT2D eigenvalue weighted by Crippen LogP contribution is -2.46. The largest absolute Gasteiger partial charge is 0.375 e. The number of amides is 1. The first kappa shape index (κ1) is 15.1. The van der Waals surface area contributed by atoms with Crippen LogP contribution in [-0.2, 0) is 9.53 Å². The van der Waals surface area contributed by atoms with Gasteiger partial charge in [0, 0.05) is 6.54 Å². The molecule has 0 aliphatic carbocycles. The first-order chi connectivity index (χ1) is 10.7. The molecular formula is C15H18N4O2S. The Labute approximate surface area is 133 Å². The molecule has 0 unspecified atom stereocenters. The minimum absolute atomic E-state index is 0.0771. The molecule has 1 aromatic heterocycles. The average Bonchev–Trinajstić information content (AvgIpc) is 3.01. The summed E-state index contributed by atoms with van der Waals surface area (Å²) in [6.45, 7) is 3.66. The molecule has 3 rings (SSSR count). The van der Waals surface area contributed by atoms with Crippen LogP contribution in [0.2, 0.25) is 0 Å². The van der Waals surface area contributed by atoms with Crippen molar-refractivity contribution < 1.29 is 9.53 Å². The smallest absolute Gasteiger partial charge is 0.240 e. The second kappa shape index (κ2) is 6.95. The zero-order chi connectivity index (χ0) is 15.4. The zero-order valence-corrected chi connectivity index (χ0v) is 13.1. The number of ether oxygens (including phenoxy) is 1. The number of morpholine rings is 1. The summed E-state index contributed by atoms with van der Waals surface area (Å²) in [5.74, 6) is -0.0771. The second-order valence-corrected chi connectivity index (χ2v) is 6.13. The number of anilines is 1. The van der Waals surface area contributed by atoms with Gasteiger partial charge in [-0.3, -0.25) is 15.0 Å². The summed E-state index contributed by atoms with van der Waals surface area (Å²) < 4.78 is 5.77. The van der Waals surface area contributed by atoms with E-state index in [-0.39, 0.29) is 18.1 Å². The Bertz CT molecular complexity index is 605. The van der Waals surface area contributed by atoms with E-state index in [0.717, 1.165) is 12.1 Å². The van der Waals surface area contributed by atoms with Crippen molar-refractivity contribution in [1.29, 1.82) is 0 Å². The van der Waals surface area contributed by atoms with Gasteiger partial charge in [-0.05, 0) is 12.5 Å². The molecule has 0 radical (unpaired) electrons. The number of aromatic nitrogens is 2. The van der Waals surface area contributed by atoms with Crippen LogP contribution in [0.3, 0.4) is 0 Å². The monoisotopic (exact) mass is 318 g/mol. The number of nitrogens with one attached hydrogen (secondary N) is 1. The van der Waals surface area contributed by atoms with Crippen LogP contribution in [-0.4, -0.2) is 46.8 Å². The van der Waals surface area contributed by atoms with E-state index in [1.54, 1.807) is 5.51 Å². The van der Waals surface area contributed by atoms with Gasteiger partial charge < -0.3 is 4.74 Å². The molecule has 0 bridgehead atoms. The molecule has 1 saturated heterocycles. The lowest BCUT2D eigenvalue weighted by atomic mass is 10.0. The van der Waals surface area contributed by atoms with Crippen LogP contribution in [0.4, 0.5) is 5.13 Å². The van der Waals surface area contributed by atoms with Crippen LogP contribution in [0.5, 0.6) is 0 Å². The highest BCUT2D eigenvalue weighted by Crippen LogP contribution is 2.25. The summed E-state index contributed by atoms with van der Waals surface area (Å²) in [7, 11) is 0. The molecule has 2 aromatic rings. The van der Waals surface area contributed by atoms with Gasteiger partial charge in [-0.25, -0.2) is 0 Å². The lowest BCUT2D eigenvalue weighted by molar-refractivity contribution is -0.121. The van der Waals surface area contributed by atoms with Crippen LogP contribution in [0.25, 0.3) is 0 Å². The summed E-state index contributed by atoms with van der Waals surface area (Å²) in [4.78, 5) is 14.4. The molecule has 6 nitrogen and oxygen atoms in total. The van der Waals surface area contributed by atoms with Crippen LogP contribution < -0.4 is 5.32 Å². The highest BCUT2D eigenvalue weighted by atomic mass is 32.1. The predicted molar refractivity (Wildman–Crippen MR) is 84.7 cm³/mol. The van der Waals surface area contributed by atoms with Gasteiger partial charge in [-0.15, -0.1) is 10.2 Å². The number of carbonyl (C=O) groups is 1. The third-order valence-electron chi connectivity index (χ3n) is 3.61. The maximum Gasteiger partial charge on any atom is 0.240 e. The van der Waals surface area contributed by atoms with Crippen molar-refractivity contribution >= 4 is 22.4 Å². The number of benzene rings is 1. The van der Waals surface area contributed by atoms with Crippen molar-refractivity contribution in [3.63, 3.8) is 0 Å². The Morgan fingerprint density at radius 3 is 3.00 bits per heavy atom. The molecule has 0 saturated carbocycles. The summed E-state index contributed by atoms with van der Waals surface area (Å²) >= 11 is 1.31. The van der Waals surface area contributed by atoms with Gasteiger partial charge in [0.25, 0.3) is 0 Å². The number of carbonyl (C=O) groups excluding carboxylic acids is 1. The molecule has 22 heavy (non-hydrogen) atoms. The fourth-order valence-corrected chi connectivity index (χ4v) is 3.06. The van der Waals surface area contributed by atoms with E-state index in [2.05, 4.69) is 32.5 Å². The van der Waals surface area contributed by atoms with Crippen LogP contribution >= 0.6 is 11.3 Å². The van der Waals surface area contributed by atoms with E-state index in [4.69, 9.17) is 4.74 Å². The molecule has 1 N–H and O–H groups in total. The van der Waals surface area contributed by atoms with Gasteiger partial charge in [0.2, 0.25) is 11.0 Å². The third kappa shape index (κ3) is 3.68. The summed E-state index contributed by atoms with van der Waals surface area (Å²) in [5, 5.41) is 10.9. The Kier molecular flexibility index (Phi) is 4.77. The van der Waals surface area contributed by atoms with Crippen molar-refractivity contribution in [2.45, 2.75) is 19.1 Å². The molecule has 1 fully saturated rings. The van der Waals surface area contributed by atoms with Crippen LogP contribution in [0.1, 0.15) is 18.5 Å². The van der Waals surface area contributed by atoms with Gasteiger partial charge in [0.05, 0.1) is 25.3 Å². The van der Waals surface area contributed by atoms with E-state index in [1.165, 1.54) is 11.3 Å². The maximum atomic E-state index is 12.2. The quantitative estimate of drug-likeness (QED) is 0.933. The number of nitrogens with zero attached hydrogens (tertiary/aromatic N) is 3. The van der Waals surface area contributed by atoms with Gasteiger partial charge in [-0.1, -0.05) is 41.7 Å². The molecule has 7 heteroatoms. The number of hydrogen-bond acceptors (Lipinski definition) is 6. The van der Waals surface area contributed by atoms with Gasteiger partial charge in [-0.2, -0.15) is 0 Å². The second-order valence-electron chi connectivity index (χ2n) is 5.29. The zero-order valence-electron chi connectivity index (χ0n) is 12.3. The minimum atomic E-state index is -0.0771.